The predicted molar refractivity (Wildman–Crippen MR) is 79.0 cm³/mol. The van der Waals surface area contributed by atoms with Gasteiger partial charge in [0.05, 0.1) is 0 Å². The average molecular weight is 272 g/mol. The van der Waals surface area contributed by atoms with Gasteiger partial charge < -0.3 is 5.32 Å². The van der Waals surface area contributed by atoms with Crippen LogP contribution in [0.3, 0.4) is 0 Å². The second-order valence-corrected chi connectivity index (χ2v) is 6.59. The molecule has 98 valence electrons. The van der Waals surface area contributed by atoms with Crippen molar-refractivity contribution in [3.05, 3.63) is 11.6 Å². The van der Waals surface area contributed by atoms with Crippen LogP contribution in [0.1, 0.15) is 46.5 Å². The first-order chi connectivity index (χ1) is 8.31. The van der Waals surface area contributed by atoms with E-state index in [0.29, 0.717) is 11.3 Å². The molecule has 0 fully saturated rings. The zero-order chi connectivity index (χ0) is 12.5. The van der Waals surface area contributed by atoms with Crippen LogP contribution in [0.15, 0.2) is 15.9 Å². The molecular formula is C13H24N2S2. The molecule has 2 unspecified atom stereocenters. The molecule has 1 rings (SSSR count). The number of rotatable bonds is 9. The Morgan fingerprint density at radius 1 is 1.35 bits per heavy atom. The van der Waals surface area contributed by atoms with Crippen LogP contribution in [0, 0.1) is 0 Å². The molecule has 0 spiro atoms. The summed E-state index contributed by atoms with van der Waals surface area (Å²) in [5, 5.41) is 6.39. The van der Waals surface area contributed by atoms with E-state index in [-0.39, 0.29) is 0 Å². The SMILES string of the molecule is CCCNC(CCC)C(CC)Sc1nccs1. The number of aromatic nitrogens is 1. The summed E-state index contributed by atoms with van der Waals surface area (Å²) < 4.78 is 1.20. The average Bonchev–Trinajstić information content (AvgIpc) is 2.84. The van der Waals surface area contributed by atoms with E-state index in [1.165, 1.54) is 30.0 Å². The highest BCUT2D eigenvalue weighted by Gasteiger charge is 2.20. The molecule has 2 atom stereocenters. The molecule has 0 aromatic carbocycles. The highest BCUT2D eigenvalue weighted by Crippen LogP contribution is 2.30. The molecule has 0 saturated carbocycles. The molecule has 0 radical (unpaired) electrons. The molecule has 17 heavy (non-hydrogen) atoms. The molecule has 0 saturated heterocycles. The predicted octanol–water partition coefficient (Wildman–Crippen LogP) is 4.18. The van der Waals surface area contributed by atoms with E-state index < -0.39 is 0 Å². The van der Waals surface area contributed by atoms with E-state index in [4.69, 9.17) is 0 Å². The fourth-order valence-corrected chi connectivity index (χ4v) is 3.97. The van der Waals surface area contributed by atoms with Crippen LogP contribution in [0.4, 0.5) is 0 Å². The Kier molecular flexibility index (Phi) is 7.90. The monoisotopic (exact) mass is 272 g/mol. The summed E-state index contributed by atoms with van der Waals surface area (Å²) in [6, 6.07) is 0.624. The Hall–Kier alpha value is -0.0600. The quantitative estimate of drug-likeness (QED) is 0.683. The Labute approximate surface area is 114 Å². The first-order valence-electron chi connectivity index (χ1n) is 6.61. The zero-order valence-corrected chi connectivity index (χ0v) is 12.7. The normalized spacial score (nSPS) is 14.8. The van der Waals surface area contributed by atoms with Crippen molar-refractivity contribution in [2.75, 3.05) is 6.54 Å². The van der Waals surface area contributed by atoms with Crippen LogP contribution in [0.25, 0.3) is 0 Å². The van der Waals surface area contributed by atoms with Crippen LogP contribution in [0.5, 0.6) is 0 Å². The highest BCUT2D eigenvalue weighted by molar-refractivity contribution is 8.01. The fourth-order valence-electron chi connectivity index (χ4n) is 1.91. The maximum absolute atomic E-state index is 4.38. The summed E-state index contributed by atoms with van der Waals surface area (Å²) in [7, 11) is 0. The molecule has 0 aliphatic carbocycles. The minimum atomic E-state index is 0.624. The molecule has 4 heteroatoms. The van der Waals surface area contributed by atoms with Crippen molar-refractivity contribution in [2.45, 2.75) is 62.1 Å². The second kappa shape index (κ2) is 8.95. The topological polar surface area (TPSA) is 24.9 Å². The third-order valence-corrected chi connectivity index (χ3v) is 5.18. The van der Waals surface area contributed by atoms with Crippen LogP contribution >= 0.6 is 23.1 Å². The number of thiazole rings is 1. The second-order valence-electron chi connectivity index (χ2n) is 4.21. The van der Waals surface area contributed by atoms with Crippen LogP contribution in [-0.4, -0.2) is 22.8 Å². The summed E-state index contributed by atoms with van der Waals surface area (Å²) >= 11 is 3.69. The zero-order valence-electron chi connectivity index (χ0n) is 11.1. The summed E-state index contributed by atoms with van der Waals surface area (Å²) in [6.45, 7) is 7.90. The van der Waals surface area contributed by atoms with E-state index >= 15 is 0 Å². The molecule has 1 aromatic heterocycles. The lowest BCUT2D eigenvalue weighted by Crippen LogP contribution is -2.38. The molecular weight excluding hydrogens is 248 g/mol. The Morgan fingerprint density at radius 2 is 2.18 bits per heavy atom. The maximum Gasteiger partial charge on any atom is 0.150 e. The van der Waals surface area contributed by atoms with Gasteiger partial charge in [-0.3, -0.25) is 0 Å². The summed E-state index contributed by atoms with van der Waals surface area (Å²) in [4.78, 5) is 4.38. The summed E-state index contributed by atoms with van der Waals surface area (Å²) in [5.41, 5.74) is 0. The molecule has 1 aromatic rings. The van der Waals surface area contributed by atoms with Gasteiger partial charge in [0.1, 0.15) is 4.34 Å². The smallest absolute Gasteiger partial charge is 0.150 e. The molecule has 0 aliphatic heterocycles. The third kappa shape index (κ3) is 5.40. The number of thioether (sulfide) groups is 1. The fraction of sp³-hybridized carbons (Fsp3) is 0.769. The van der Waals surface area contributed by atoms with Gasteiger partial charge in [-0.05, 0) is 25.8 Å². The number of nitrogens with one attached hydrogen (secondary N) is 1. The lowest BCUT2D eigenvalue weighted by Gasteiger charge is -2.26. The first-order valence-corrected chi connectivity index (χ1v) is 8.37. The Bertz CT molecular complexity index is 275. The first kappa shape index (κ1) is 15.0. The van der Waals surface area contributed by atoms with E-state index in [1.807, 2.05) is 18.0 Å². The van der Waals surface area contributed by atoms with Gasteiger partial charge in [0, 0.05) is 22.9 Å². The van der Waals surface area contributed by atoms with Gasteiger partial charge >= 0.3 is 0 Å². The van der Waals surface area contributed by atoms with Gasteiger partial charge in [-0.2, -0.15) is 0 Å². The van der Waals surface area contributed by atoms with Crippen molar-refractivity contribution in [3.63, 3.8) is 0 Å². The van der Waals surface area contributed by atoms with Crippen molar-refractivity contribution < 1.29 is 0 Å². The largest absolute Gasteiger partial charge is 0.313 e. The number of hydrogen-bond donors (Lipinski definition) is 1. The van der Waals surface area contributed by atoms with Gasteiger partial charge in [-0.1, -0.05) is 39.0 Å². The van der Waals surface area contributed by atoms with Crippen LogP contribution in [-0.2, 0) is 0 Å². The highest BCUT2D eigenvalue weighted by atomic mass is 32.2. The number of hydrogen-bond acceptors (Lipinski definition) is 4. The van der Waals surface area contributed by atoms with E-state index in [0.717, 1.165) is 6.54 Å². The lowest BCUT2D eigenvalue weighted by atomic mass is 10.1. The molecule has 1 N–H and O–H groups in total. The van der Waals surface area contributed by atoms with Gasteiger partial charge in [0.25, 0.3) is 0 Å². The summed E-state index contributed by atoms with van der Waals surface area (Å²) in [6.07, 6.45) is 6.81. The van der Waals surface area contributed by atoms with Gasteiger partial charge in [0.15, 0.2) is 0 Å². The molecule has 0 amide bonds. The Balaban J connectivity index is 2.53. The molecule has 0 bridgehead atoms. The molecule has 0 aliphatic rings. The lowest BCUT2D eigenvalue weighted by molar-refractivity contribution is 0.454. The van der Waals surface area contributed by atoms with Gasteiger partial charge in [-0.15, -0.1) is 11.3 Å². The van der Waals surface area contributed by atoms with Crippen LogP contribution < -0.4 is 5.32 Å². The van der Waals surface area contributed by atoms with Crippen molar-refractivity contribution in [1.82, 2.24) is 10.3 Å². The van der Waals surface area contributed by atoms with Crippen molar-refractivity contribution in [3.8, 4) is 0 Å². The van der Waals surface area contributed by atoms with Crippen molar-refractivity contribution in [2.24, 2.45) is 0 Å². The standard InChI is InChI=1S/C13H24N2S2/c1-4-7-11(14-8-5-2)12(6-3)17-13-15-9-10-16-13/h9-12,14H,4-8H2,1-3H3. The Morgan fingerprint density at radius 3 is 2.71 bits per heavy atom. The van der Waals surface area contributed by atoms with Gasteiger partial charge in [0.2, 0.25) is 0 Å². The van der Waals surface area contributed by atoms with Crippen molar-refractivity contribution >= 4 is 23.1 Å². The van der Waals surface area contributed by atoms with E-state index in [1.54, 1.807) is 11.3 Å². The minimum absolute atomic E-state index is 0.624. The third-order valence-electron chi connectivity index (χ3n) is 2.77. The van der Waals surface area contributed by atoms with Gasteiger partial charge in [-0.25, -0.2) is 4.98 Å². The van der Waals surface area contributed by atoms with E-state index in [2.05, 4.69) is 36.5 Å². The minimum Gasteiger partial charge on any atom is -0.313 e. The maximum atomic E-state index is 4.38. The van der Waals surface area contributed by atoms with E-state index in [9.17, 15) is 0 Å². The molecule has 1 heterocycles. The van der Waals surface area contributed by atoms with Crippen molar-refractivity contribution in [1.29, 1.82) is 0 Å². The number of nitrogens with zero attached hydrogens (tertiary/aromatic N) is 1. The molecule has 2 nitrogen and oxygen atoms in total. The van der Waals surface area contributed by atoms with Crippen LogP contribution in [0.2, 0.25) is 0 Å². The summed E-state index contributed by atoms with van der Waals surface area (Å²) in [5.74, 6) is 0.